The van der Waals surface area contributed by atoms with Crippen LogP contribution in [0.2, 0.25) is 0 Å². The molecule has 0 saturated heterocycles. The second-order valence-electron chi connectivity index (χ2n) is 6.52. The molecule has 0 atom stereocenters. The van der Waals surface area contributed by atoms with Crippen LogP contribution in [0.15, 0.2) is 54.6 Å². The highest BCUT2D eigenvalue weighted by molar-refractivity contribution is 5.97. The van der Waals surface area contributed by atoms with Crippen molar-refractivity contribution in [1.82, 2.24) is 18.9 Å². The molecule has 0 aliphatic carbocycles. The SMILES string of the molecule is N#Cc1nc2c(C#N)c3n(Cc4ccccc4)c4ccccc4n3c2nc1C#N. The van der Waals surface area contributed by atoms with E-state index < -0.39 is 0 Å². The maximum Gasteiger partial charge on any atom is 0.179 e. The van der Waals surface area contributed by atoms with Gasteiger partial charge >= 0.3 is 0 Å². The van der Waals surface area contributed by atoms with E-state index in [-0.39, 0.29) is 11.4 Å². The second kappa shape index (κ2) is 6.20. The van der Waals surface area contributed by atoms with Gasteiger partial charge in [0.2, 0.25) is 0 Å². The van der Waals surface area contributed by atoms with Crippen LogP contribution < -0.4 is 0 Å². The van der Waals surface area contributed by atoms with Crippen LogP contribution in [0.4, 0.5) is 0 Å². The Morgan fingerprint density at radius 2 is 1.41 bits per heavy atom. The Labute approximate surface area is 164 Å². The standard InChI is InChI=1S/C22H11N7/c23-10-15-20-21(27-17(12-25)16(11-24)26-20)29-19-9-5-4-8-18(19)28(22(15)29)13-14-6-2-1-3-7-14/h1-9H,13H2. The molecule has 7 heteroatoms. The number of nitrogens with zero attached hydrogens (tertiary/aromatic N) is 7. The van der Waals surface area contributed by atoms with Gasteiger partial charge in [-0.1, -0.05) is 42.5 Å². The van der Waals surface area contributed by atoms with E-state index in [4.69, 9.17) is 0 Å². The average molecular weight is 373 g/mol. The Morgan fingerprint density at radius 3 is 2.10 bits per heavy atom. The third-order valence-electron chi connectivity index (χ3n) is 4.94. The summed E-state index contributed by atoms with van der Waals surface area (Å²) in [6.07, 6.45) is 0. The Hall–Kier alpha value is -4.67. The minimum Gasteiger partial charge on any atom is -0.320 e. The summed E-state index contributed by atoms with van der Waals surface area (Å²) >= 11 is 0. The number of imidazole rings is 1. The number of hydrogen-bond acceptors (Lipinski definition) is 5. The third-order valence-corrected chi connectivity index (χ3v) is 4.94. The van der Waals surface area contributed by atoms with Crippen molar-refractivity contribution < 1.29 is 0 Å². The predicted octanol–water partition coefficient (Wildman–Crippen LogP) is 3.50. The van der Waals surface area contributed by atoms with E-state index in [1.807, 2.05) is 75.7 Å². The Bertz CT molecular complexity index is 1550. The molecule has 134 valence electrons. The minimum absolute atomic E-state index is 0.0521. The first-order chi connectivity index (χ1) is 14.3. The fourth-order valence-corrected chi connectivity index (χ4v) is 3.73. The fraction of sp³-hybridized carbons (Fsp3) is 0.0455. The molecule has 0 N–H and O–H groups in total. The van der Waals surface area contributed by atoms with Gasteiger partial charge in [0.25, 0.3) is 0 Å². The molecule has 3 heterocycles. The monoisotopic (exact) mass is 373 g/mol. The summed E-state index contributed by atoms with van der Waals surface area (Å²) in [6, 6.07) is 23.8. The first-order valence-corrected chi connectivity index (χ1v) is 8.84. The van der Waals surface area contributed by atoms with Crippen molar-refractivity contribution in [1.29, 1.82) is 15.8 Å². The van der Waals surface area contributed by atoms with Crippen LogP contribution in [0.25, 0.3) is 27.8 Å². The molecule has 0 aliphatic heterocycles. The number of hydrogen-bond donors (Lipinski definition) is 0. The zero-order chi connectivity index (χ0) is 20.0. The zero-order valence-electron chi connectivity index (χ0n) is 15.0. The van der Waals surface area contributed by atoms with Crippen molar-refractivity contribution in [3.63, 3.8) is 0 Å². The minimum atomic E-state index is -0.0799. The molecule has 2 aromatic carbocycles. The third kappa shape index (κ3) is 2.27. The van der Waals surface area contributed by atoms with Crippen LogP contribution in [-0.2, 0) is 6.54 Å². The predicted molar refractivity (Wildman–Crippen MR) is 106 cm³/mol. The van der Waals surface area contributed by atoms with E-state index in [9.17, 15) is 15.8 Å². The maximum atomic E-state index is 9.94. The van der Waals surface area contributed by atoms with Crippen molar-refractivity contribution in [2.75, 3.05) is 0 Å². The normalized spacial score (nSPS) is 10.8. The average Bonchev–Trinajstić information content (AvgIpc) is 3.26. The molecule has 0 radical (unpaired) electrons. The van der Waals surface area contributed by atoms with Crippen LogP contribution in [-0.4, -0.2) is 18.9 Å². The molecule has 7 nitrogen and oxygen atoms in total. The summed E-state index contributed by atoms with van der Waals surface area (Å²) in [7, 11) is 0. The van der Waals surface area contributed by atoms with Crippen LogP contribution in [0.3, 0.4) is 0 Å². The van der Waals surface area contributed by atoms with E-state index >= 15 is 0 Å². The summed E-state index contributed by atoms with van der Waals surface area (Å²) in [4.78, 5) is 8.68. The quantitative estimate of drug-likeness (QED) is 0.471. The van der Waals surface area contributed by atoms with Gasteiger partial charge in [-0.15, -0.1) is 0 Å². The maximum absolute atomic E-state index is 9.94. The highest BCUT2D eigenvalue weighted by Gasteiger charge is 2.24. The molecule has 3 aromatic heterocycles. The molecule has 29 heavy (non-hydrogen) atoms. The zero-order valence-corrected chi connectivity index (χ0v) is 15.0. The summed E-state index contributed by atoms with van der Waals surface area (Å²) in [5.74, 6) is 0. The van der Waals surface area contributed by atoms with Crippen LogP contribution >= 0.6 is 0 Å². The van der Waals surface area contributed by atoms with Gasteiger partial charge in [0.05, 0.1) is 11.0 Å². The number of nitriles is 3. The number of fused-ring (bicyclic) bond motifs is 5. The van der Waals surface area contributed by atoms with Crippen LogP contribution in [0, 0.1) is 34.0 Å². The molecule has 5 rings (SSSR count). The molecule has 0 unspecified atom stereocenters. The van der Waals surface area contributed by atoms with Gasteiger partial charge in [-0.2, -0.15) is 15.8 Å². The van der Waals surface area contributed by atoms with Gasteiger partial charge < -0.3 is 4.57 Å². The van der Waals surface area contributed by atoms with Crippen LogP contribution in [0.5, 0.6) is 0 Å². The number of benzene rings is 2. The summed E-state index contributed by atoms with van der Waals surface area (Å²) < 4.78 is 3.89. The largest absolute Gasteiger partial charge is 0.320 e. The first-order valence-electron chi connectivity index (χ1n) is 8.84. The lowest BCUT2D eigenvalue weighted by Crippen LogP contribution is -2.00. The van der Waals surface area contributed by atoms with Gasteiger partial charge in [-0.05, 0) is 17.7 Å². The van der Waals surface area contributed by atoms with Gasteiger partial charge in [-0.25, -0.2) is 9.97 Å². The fourth-order valence-electron chi connectivity index (χ4n) is 3.73. The molecule has 0 spiro atoms. The van der Waals surface area contributed by atoms with E-state index in [1.165, 1.54) is 0 Å². The molecule has 5 aromatic rings. The number of para-hydroxylation sites is 2. The van der Waals surface area contributed by atoms with Gasteiger partial charge in [-0.3, -0.25) is 4.40 Å². The smallest absolute Gasteiger partial charge is 0.179 e. The second-order valence-corrected chi connectivity index (χ2v) is 6.52. The molecular weight excluding hydrogens is 362 g/mol. The van der Waals surface area contributed by atoms with E-state index in [0.29, 0.717) is 28.9 Å². The van der Waals surface area contributed by atoms with Gasteiger partial charge in [0, 0.05) is 6.54 Å². The lowest BCUT2D eigenvalue weighted by Gasteiger charge is -2.06. The highest BCUT2D eigenvalue weighted by Crippen LogP contribution is 2.32. The lowest BCUT2D eigenvalue weighted by molar-refractivity contribution is 0.858. The molecule has 0 aliphatic rings. The van der Waals surface area contributed by atoms with Crippen molar-refractivity contribution >= 4 is 27.8 Å². The van der Waals surface area contributed by atoms with Crippen LogP contribution in [0.1, 0.15) is 22.5 Å². The molecule has 0 saturated carbocycles. The summed E-state index contributed by atoms with van der Waals surface area (Å²) in [5, 5.41) is 28.6. The van der Waals surface area contributed by atoms with E-state index in [1.54, 1.807) is 0 Å². The Morgan fingerprint density at radius 1 is 0.759 bits per heavy atom. The number of rotatable bonds is 2. The van der Waals surface area contributed by atoms with Crippen molar-refractivity contribution in [3.05, 3.63) is 77.1 Å². The van der Waals surface area contributed by atoms with E-state index in [2.05, 4.69) is 16.0 Å². The molecule has 0 amide bonds. The van der Waals surface area contributed by atoms with Gasteiger partial charge in [0.1, 0.15) is 34.9 Å². The first kappa shape index (κ1) is 16.5. The summed E-state index contributed by atoms with van der Waals surface area (Å²) in [6.45, 7) is 0.555. The molecule has 0 fully saturated rings. The lowest BCUT2D eigenvalue weighted by atomic mass is 10.2. The van der Waals surface area contributed by atoms with Crippen molar-refractivity contribution in [2.45, 2.75) is 6.54 Å². The Balaban J connectivity index is 1.98. The molecule has 0 bridgehead atoms. The highest BCUT2D eigenvalue weighted by atomic mass is 15.2. The Kier molecular flexibility index (Phi) is 3.53. The number of aromatic nitrogens is 4. The van der Waals surface area contributed by atoms with Crippen molar-refractivity contribution in [3.8, 4) is 18.2 Å². The topological polar surface area (TPSA) is 106 Å². The summed E-state index contributed by atoms with van der Waals surface area (Å²) in [5.41, 5.74) is 4.45. The van der Waals surface area contributed by atoms with Crippen molar-refractivity contribution in [2.24, 2.45) is 0 Å². The van der Waals surface area contributed by atoms with Gasteiger partial charge in [0.15, 0.2) is 17.0 Å². The van der Waals surface area contributed by atoms with E-state index in [0.717, 1.165) is 16.6 Å². The molecular formula is C22H11N7.